The summed E-state index contributed by atoms with van der Waals surface area (Å²) in [4.78, 5) is 35.1. The zero-order valence-corrected chi connectivity index (χ0v) is 27.8. The molecule has 0 aromatic carbocycles. The van der Waals surface area contributed by atoms with E-state index in [-0.39, 0.29) is 37.2 Å². The molecule has 1 N–H and O–H groups in total. The van der Waals surface area contributed by atoms with Crippen LogP contribution in [0.3, 0.4) is 0 Å². The first-order valence-corrected chi connectivity index (χ1v) is 23.5. The lowest BCUT2D eigenvalue weighted by Crippen LogP contribution is -2.35. The number of nitrogens with one attached hydrogen (secondary N) is 1. The van der Waals surface area contributed by atoms with Crippen molar-refractivity contribution in [2.24, 2.45) is 10.3 Å². The highest BCUT2D eigenvalue weighted by atomic mass is 28.4. The molecule has 5 atom stereocenters. The van der Waals surface area contributed by atoms with Gasteiger partial charge in [-0.15, -0.1) is 0 Å². The number of allylic oxidation sites excluding steroid dienone is 1. The van der Waals surface area contributed by atoms with Gasteiger partial charge in [0.2, 0.25) is 0 Å². The van der Waals surface area contributed by atoms with Gasteiger partial charge in [-0.3, -0.25) is 19.6 Å². The Kier molecular flexibility index (Phi) is 15.6. The number of ketones is 3. The molecule has 0 aromatic heterocycles. The van der Waals surface area contributed by atoms with Gasteiger partial charge in [-0.1, -0.05) is 38.3 Å². The molecule has 228 valence electrons. The average Bonchev–Trinajstić information content (AvgIpc) is 3.01. The minimum atomic E-state index is -1.66. The highest BCUT2D eigenvalue weighted by molar-refractivity contribution is 6.80. The molecule has 3 fully saturated rings. The van der Waals surface area contributed by atoms with Crippen LogP contribution in [0.1, 0.15) is 39.5 Å². The fraction of sp³-hybridized carbons (Fsp3) is 0.800. The van der Waals surface area contributed by atoms with Gasteiger partial charge in [-0.2, -0.15) is 0 Å². The highest BCUT2D eigenvalue weighted by Crippen LogP contribution is 2.35. The fourth-order valence-corrected chi connectivity index (χ4v) is 6.39. The van der Waals surface area contributed by atoms with E-state index in [0.29, 0.717) is 50.1 Å². The molecule has 1 unspecified atom stereocenters. The summed E-state index contributed by atoms with van der Waals surface area (Å²) < 4.78 is 16.5. The summed E-state index contributed by atoms with van der Waals surface area (Å²) in [5.41, 5.74) is 14.7. The van der Waals surface area contributed by atoms with Crippen molar-refractivity contribution >= 4 is 42.2 Å². The number of hydrogen-bond donors (Lipinski definition) is 1. The smallest absolute Gasteiger partial charge is 0.184 e. The first-order valence-electron chi connectivity index (χ1n) is 13.2. The van der Waals surface area contributed by atoms with Gasteiger partial charge in [0.1, 0.15) is 11.6 Å². The molecule has 0 amide bonds. The maximum Gasteiger partial charge on any atom is 0.184 e. The molecule has 1 heterocycles. The maximum atomic E-state index is 11.2. The Labute approximate surface area is 242 Å². The summed E-state index contributed by atoms with van der Waals surface area (Å²) in [6, 6.07) is -0.292. The SMILES string of the molecule is C.C[Si](C)(C)O[C@@H]1CC(=O)C[C@H]1N=[N+]=[N-].C[Si](C)(C)O[C@H]1C=CC(=O)C1.C[Si](C)(C)[N-]N=N.O=C1CC2O[C@@H]2C1. The molecule has 0 radical (unpaired) electrons. The Bertz CT molecular complexity index is 942. The van der Waals surface area contributed by atoms with Crippen molar-refractivity contribution in [3.63, 3.8) is 0 Å². The third-order valence-corrected chi connectivity index (χ3v) is 8.02. The third-order valence-electron chi connectivity index (χ3n) is 5.30. The van der Waals surface area contributed by atoms with Crippen molar-refractivity contribution in [2.45, 2.75) is 129 Å². The van der Waals surface area contributed by atoms with Gasteiger partial charge in [-0.25, -0.2) is 0 Å². The minimum absolute atomic E-state index is 0. The first-order chi connectivity index (χ1) is 17.8. The van der Waals surface area contributed by atoms with Crippen LogP contribution in [-0.4, -0.2) is 72.7 Å². The van der Waals surface area contributed by atoms with Gasteiger partial charge in [0, 0.05) is 37.0 Å². The number of epoxide rings is 1. The number of hydrogen-bond acceptors (Lipinski definition) is 9. The van der Waals surface area contributed by atoms with Gasteiger partial charge in [0.05, 0.1) is 38.7 Å². The van der Waals surface area contributed by atoms with Crippen LogP contribution in [0.4, 0.5) is 0 Å². The van der Waals surface area contributed by atoms with Crippen LogP contribution in [0.15, 0.2) is 22.5 Å². The summed E-state index contributed by atoms with van der Waals surface area (Å²) in [5.74, 6) is 0.695. The number of ether oxygens (including phenoxy) is 1. The van der Waals surface area contributed by atoms with Crippen LogP contribution in [-0.2, 0) is 28.0 Å². The maximum absolute atomic E-state index is 11.2. The van der Waals surface area contributed by atoms with Crippen molar-refractivity contribution in [1.29, 1.82) is 5.53 Å². The molecule has 0 bridgehead atoms. The van der Waals surface area contributed by atoms with Crippen LogP contribution < -0.4 is 0 Å². The molecule has 40 heavy (non-hydrogen) atoms. The van der Waals surface area contributed by atoms with Crippen LogP contribution >= 0.6 is 0 Å². The molecule has 2 saturated carbocycles. The van der Waals surface area contributed by atoms with Crippen molar-refractivity contribution < 1.29 is 28.0 Å². The second-order valence-corrected chi connectivity index (χ2v) is 26.3. The van der Waals surface area contributed by atoms with Gasteiger partial charge in [0.25, 0.3) is 0 Å². The van der Waals surface area contributed by atoms with Crippen molar-refractivity contribution in [3.8, 4) is 0 Å². The average molecular weight is 614 g/mol. The zero-order chi connectivity index (χ0) is 30.0. The van der Waals surface area contributed by atoms with Crippen molar-refractivity contribution in [1.82, 2.24) is 0 Å². The van der Waals surface area contributed by atoms with Gasteiger partial charge < -0.3 is 24.2 Å². The molecule has 0 aromatic rings. The fourth-order valence-electron chi connectivity index (χ4n) is 3.87. The predicted molar refractivity (Wildman–Crippen MR) is 164 cm³/mol. The number of nitrogens with zero attached hydrogens (tertiary/aromatic N) is 5. The minimum Gasteiger partial charge on any atom is -0.414 e. The molecule has 4 rings (SSSR count). The quantitative estimate of drug-likeness (QED) is 0.0815. The van der Waals surface area contributed by atoms with E-state index in [2.05, 4.69) is 59.6 Å². The Hall–Kier alpha value is -2.01. The Balaban J connectivity index is 0.000000523. The molecule has 4 aliphatic rings. The number of Topliss-reactive ketones (excluding diaryl/α,β-unsaturated/α-hetero) is 2. The molecular weight excluding hydrogens is 565 g/mol. The highest BCUT2D eigenvalue weighted by Gasteiger charge is 2.47. The molecule has 1 aliphatic heterocycles. The molecular formula is C25H49N6O6Si3-. The lowest BCUT2D eigenvalue weighted by Gasteiger charge is -2.25. The number of fused-ring (bicyclic) bond motifs is 1. The van der Waals surface area contributed by atoms with Crippen LogP contribution in [0.5, 0.6) is 0 Å². The summed E-state index contributed by atoms with van der Waals surface area (Å²) >= 11 is 0. The van der Waals surface area contributed by atoms with E-state index >= 15 is 0 Å². The Morgan fingerprint density at radius 3 is 1.75 bits per heavy atom. The summed E-state index contributed by atoms with van der Waals surface area (Å²) in [6.45, 7) is 18.7. The van der Waals surface area contributed by atoms with Crippen molar-refractivity contribution in [2.75, 3.05) is 0 Å². The van der Waals surface area contributed by atoms with E-state index in [1.807, 2.05) is 25.7 Å². The molecule has 3 aliphatic carbocycles. The predicted octanol–water partition coefficient (Wildman–Crippen LogP) is 6.88. The normalized spacial score (nSPS) is 26.4. The molecule has 0 spiro atoms. The number of azide groups is 1. The molecule has 1 saturated heterocycles. The summed E-state index contributed by atoms with van der Waals surface area (Å²) in [6.07, 6.45) is 6.68. The van der Waals surface area contributed by atoms with Crippen LogP contribution in [0.25, 0.3) is 15.5 Å². The molecule has 12 nitrogen and oxygen atoms in total. The zero-order valence-electron chi connectivity index (χ0n) is 24.8. The second-order valence-electron chi connectivity index (χ2n) is 12.8. The first kappa shape index (κ1) is 38.0. The van der Waals surface area contributed by atoms with Gasteiger partial charge in [0.15, 0.2) is 22.4 Å². The number of carbonyl (C=O) groups is 3. The number of carbonyl (C=O) groups excluding carboxylic acids is 3. The Morgan fingerprint density at radius 2 is 1.43 bits per heavy atom. The van der Waals surface area contributed by atoms with Crippen LogP contribution in [0.2, 0.25) is 58.9 Å². The summed E-state index contributed by atoms with van der Waals surface area (Å²) in [7, 11) is -4.50. The van der Waals surface area contributed by atoms with Crippen LogP contribution in [0, 0.1) is 5.53 Å². The Morgan fingerprint density at radius 1 is 0.900 bits per heavy atom. The van der Waals surface area contributed by atoms with E-state index in [9.17, 15) is 14.4 Å². The summed E-state index contributed by atoms with van der Waals surface area (Å²) in [5, 5.41) is 10.2. The van der Waals surface area contributed by atoms with E-state index in [1.54, 1.807) is 6.08 Å². The van der Waals surface area contributed by atoms with Gasteiger partial charge in [-0.05, 0) is 50.9 Å². The lowest BCUT2D eigenvalue weighted by atomic mass is 10.2. The second kappa shape index (κ2) is 16.4. The standard InChI is InChI=1S/C8H15N3O2Si.C8H14O2Si.C5H6O2.C3H10N3Si.CH4/c1-14(2,3)13-8-5-6(12)4-7(8)10-11-9;1-11(2,3)10-8-5-4-7(9)6-8;6-3-1-4-5(2-3)7-4;1-7(2,3)6-5-4;/h7-8H,4-5H2,1-3H3;4-5,8H,6H2,1-3H3;4-5H,1-2H2;1-3H3,(H-,4,6);1H4/q;;;-1;/t7-,8-;8-;4-,5?;;/m101../s1. The van der Waals surface area contributed by atoms with E-state index in [4.69, 9.17) is 24.7 Å². The largest absolute Gasteiger partial charge is 0.414 e. The van der Waals surface area contributed by atoms with Crippen molar-refractivity contribution in [3.05, 3.63) is 27.7 Å². The van der Waals surface area contributed by atoms with E-state index < -0.39 is 24.9 Å². The number of rotatable bonds is 7. The van der Waals surface area contributed by atoms with Gasteiger partial charge >= 0.3 is 0 Å². The third kappa shape index (κ3) is 17.6. The molecule has 15 heteroatoms. The monoisotopic (exact) mass is 613 g/mol. The topological polar surface area (TPSA) is 181 Å². The van der Waals surface area contributed by atoms with E-state index in [1.165, 1.54) is 0 Å². The lowest BCUT2D eigenvalue weighted by molar-refractivity contribution is -0.119. The van der Waals surface area contributed by atoms with E-state index in [0.717, 1.165) is 0 Å².